The zero-order chi connectivity index (χ0) is 15.3. The molecule has 0 saturated carbocycles. The van der Waals surface area contributed by atoms with Crippen molar-refractivity contribution in [2.75, 3.05) is 0 Å². The van der Waals surface area contributed by atoms with Gasteiger partial charge in [-0.3, -0.25) is 4.68 Å². The Kier molecular flexibility index (Phi) is 2.60. The summed E-state index contributed by atoms with van der Waals surface area (Å²) in [5, 5.41) is 26.8. The third-order valence-corrected chi connectivity index (χ3v) is 3.93. The number of nitrogens with zero attached hydrogens (tertiary/aromatic N) is 2. The van der Waals surface area contributed by atoms with Crippen LogP contribution >= 0.6 is 0 Å². The van der Waals surface area contributed by atoms with Gasteiger partial charge in [-0.2, -0.15) is 5.10 Å². The van der Waals surface area contributed by atoms with E-state index >= 15 is 0 Å². The standard InChI is InChI=1S/C18H14N2O2/c1-20-17-10-15(22)6-7-16(17)18(19-20)13-3-2-12-9-14(21)5-4-11(12)8-13/h2-10,21-22H,1H3. The lowest BCUT2D eigenvalue weighted by atomic mass is 10.0. The predicted octanol–water partition coefficient (Wildman–Crippen LogP) is 3.80. The minimum Gasteiger partial charge on any atom is -0.508 e. The lowest BCUT2D eigenvalue weighted by molar-refractivity contribution is 0.475. The maximum absolute atomic E-state index is 9.64. The Morgan fingerprint density at radius 3 is 2.36 bits per heavy atom. The van der Waals surface area contributed by atoms with E-state index in [0.717, 1.165) is 32.9 Å². The maximum Gasteiger partial charge on any atom is 0.117 e. The fraction of sp³-hybridized carbons (Fsp3) is 0.0556. The lowest BCUT2D eigenvalue weighted by Gasteiger charge is -2.03. The molecule has 2 N–H and O–H groups in total. The van der Waals surface area contributed by atoms with Crippen molar-refractivity contribution >= 4 is 21.7 Å². The number of rotatable bonds is 1. The van der Waals surface area contributed by atoms with Crippen molar-refractivity contribution in [1.29, 1.82) is 0 Å². The van der Waals surface area contributed by atoms with Gasteiger partial charge in [0.2, 0.25) is 0 Å². The summed E-state index contributed by atoms with van der Waals surface area (Å²) in [6.45, 7) is 0. The third-order valence-electron chi connectivity index (χ3n) is 3.93. The summed E-state index contributed by atoms with van der Waals surface area (Å²) in [5.41, 5.74) is 2.78. The molecule has 22 heavy (non-hydrogen) atoms. The Morgan fingerprint density at radius 2 is 1.50 bits per heavy atom. The molecule has 0 radical (unpaired) electrons. The predicted molar refractivity (Wildman–Crippen MR) is 87.0 cm³/mol. The van der Waals surface area contributed by atoms with Crippen LogP contribution in [0.15, 0.2) is 54.6 Å². The second-order valence-electron chi connectivity index (χ2n) is 5.42. The van der Waals surface area contributed by atoms with E-state index in [9.17, 15) is 10.2 Å². The first-order valence-corrected chi connectivity index (χ1v) is 7.01. The van der Waals surface area contributed by atoms with Gasteiger partial charge >= 0.3 is 0 Å². The van der Waals surface area contributed by atoms with Gasteiger partial charge in [-0.15, -0.1) is 0 Å². The van der Waals surface area contributed by atoms with Gasteiger partial charge < -0.3 is 10.2 Å². The van der Waals surface area contributed by atoms with Crippen molar-refractivity contribution in [3.8, 4) is 22.8 Å². The van der Waals surface area contributed by atoms with Crippen LogP contribution in [0.1, 0.15) is 0 Å². The van der Waals surface area contributed by atoms with Crippen LogP contribution in [0.5, 0.6) is 11.5 Å². The quantitative estimate of drug-likeness (QED) is 0.560. The number of phenols is 2. The maximum atomic E-state index is 9.64. The Balaban J connectivity index is 1.97. The summed E-state index contributed by atoms with van der Waals surface area (Å²) in [6.07, 6.45) is 0. The van der Waals surface area contributed by atoms with Gasteiger partial charge in [0.1, 0.15) is 17.2 Å². The van der Waals surface area contributed by atoms with Crippen LogP contribution in [-0.2, 0) is 7.05 Å². The molecule has 0 aliphatic heterocycles. The van der Waals surface area contributed by atoms with Gasteiger partial charge in [0.15, 0.2) is 0 Å². The molecule has 0 unspecified atom stereocenters. The summed E-state index contributed by atoms with van der Waals surface area (Å²) in [6, 6.07) is 16.6. The molecule has 4 rings (SSSR count). The highest BCUT2D eigenvalue weighted by Gasteiger charge is 2.11. The minimum atomic E-state index is 0.232. The average Bonchev–Trinajstić information content (AvgIpc) is 2.83. The van der Waals surface area contributed by atoms with Crippen LogP contribution < -0.4 is 0 Å². The number of hydrogen-bond donors (Lipinski definition) is 2. The van der Waals surface area contributed by atoms with E-state index in [2.05, 4.69) is 11.2 Å². The smallest absolute Gasteiger partial charge is 0.117 e. The van der Waals surface area contributed by atoms with Crippen LogP contribution in [0.3, 0.4) is 0 Å². The number of aromatic hydroxyl groups is 2. The van der Waals surface area contributed by atoms with Crippen molar-refractivity contribution < 1.29 is 10.2 Å². The molecule has 4 nitrogen and oxygen atoms in total. The van der Waals surface area contributed by atoms with Crippen molar-refractivity contribution in [2.45, 2.75) is 0 Å². The van der Waals surface area contributed by atoms with E-state index in [4.69, 9.17) is 0 Å². The van der Waals surface area contributed by atoms with Crippen LogP contribution in [-0.4, -0.2) is 20.0 Å². The van der Waals surface area contributed by atoms with E-state index in [1.807, 2.05) is 31.3 Å². The normalized spacial score (nSPS) is 11.3. The van der Waals surface area contributed by atoms with Crippen LogP contribution in [0, 0.1) is 0 Å². The van der Waals surface area contributed by atoms with Crippen LogP contribution in [0.25, 0.3) is 32.9 Å². The fourth-order valence-electron chi connectivity index (χ4n) is 2.84. The Morgan fingerprint density at radius 1 is 0.818 bits per heavy atom. The summed E-state index contributed by atoms with van der Waals surface area (Å²) >= 11 is 0. The minimum absolute atomic E-state index is 0.232. The van der Waals surface area contributed by atoms with Gasteiger partial charge in [-0.1, -0.05) is 18.2 Å². The van der Waals surface area contributed by atoms with Gasteiger partial charge in [-0.25, -0.2) is 0 Å². The van der Waals surface area contributed by atoms with Crippen molar-refractivity contribution in [3.05, 3.63) is 54.6 Å². The number of aromatic nitrogens is 2. The van der Waals surface area contributed by atoms with E-state index in [1.165, 1.54) is 0 Å². The second-order valence-corrected chi connectivity index (χ2v) is 5.42. The lowest BCUT2D eigenvalue weighted by Crippen LogP contribution is -1.89. The topological polar surface area (TPSA) is 58.3 Å². The molecule has 0 atom stereocenters. The number of fused-ring (bicyclic) bond motifs is 2. The molecule has 0 aliphatic rings. The first-order chi connectivity index (χ1) is 10.6. The third kappa shape index (κ3) is 1.89. The largest absolute Gasteiger partial charge is 0.508 e. The SMILES string of the molecule is Cn1nc(-c2ccc3cc(O)ccc3c2)c2ccc(O)cc21. The van der Waals surface area contributed by atoms with Crippen molar-refractivity contribution in [3.63, 3.8) is 0 Å². The summed E-state index contributed by atoms with van der Waals surface area (Å²) in [4.78, 5) is 0. The molecule has 4 aromatic rings. The van der Waals surface area contributed by atoms with Crippen molar-refractivity contribution in [2.24, 2.45) is 7.05 Å². The van der Waals surface area contributed by atoms with Gasteiger partial charge in [0.25, 0.3) is 0 Å². The first kappa shape index (κ1) is 12.7. The Bertz CT molecular complexity index is 1020. The molecule has 1 aromatic heterocycles. The number of phenolic OH excluding ortho intramolecular Hbond substituents is 2. The van der Waals surface area contributed by atoms with Crippen LogP contribution in [0.2, 0.25) is 0 Å². The Labute approximate surface area is 126 Å². The van der Waals surface area contributed by atoms with Gasteiger partial charge in [0, 0.05) is 24.1 Å². The molecule has 0 bridgehead atoms. The molecule has 0 aliphatic carbocycles. The molecule has 0 amide bonds. The van der Waals surface area contributed by atoms with E-state index < -0.39 is 0 Å². The highest BCUT2D eigenvalue weighted by Crippen LogP contribution is 2.32. The molecule has 4 heteroatoms. The fourth-order valence-corrected chi connectivity index (χ4v) is 2.84. The van der Waals surface area contributed by atoms with Crippen LogP contribution in [0.4, 0.5) is 0 Å². The number of aryl methyl sites for hydroxylation is 1. The molecule has 108 valence electrons. The van der Waals surface area contributed by atoms with Gasteiger partial charge in [-0.05, 0) is 41.1 Å². The highest BCUT2D eigenvalue weighted by atomic mass is 16.3. The molecule has 1 heterocycles. The molecule has 0 saturated heterocycles. The molecular weight excluding hydrogens is 276 g/mol. The van der Waals surface area contributed by atoms with Gasteiger partial charge in [0.05, 0.1) is 5.52 Å². The first-order valence-electron chi connectivity index (χ1n) is 7.01. The van der Waals surface area contributed by atoms with E-state index in [0.29, 0.717) is 0 Å². The summed E-state index contributed by atoms with van der Waals surface area (Å²) in [7, 11) is 1.87. The van der Waals surface area contributed by atoms with Crippen molar-refractivity contribution in [1.82, 2.24) is 9.78 Å². The molecule has 0 fully saturated rings. The zero-order valence-corrected chi connectivity index (χ0v) is 12.0. The van der Waals surface area contributed by atoms with E-state index in [-0.39, 0.29) is 11.5 Å². The monoisotopic (exact) mass is 290 g/mol. The second kappa shape index (κ2) is 4.49. The highest BCUT2D eigenvalue weighted by molar-refractivity contribution is 5.97. The summed E-state index contributed by atoms with van der Waals surface area (Å²) in [5.74, 6) is 0.495. The molecule has 0 spiro atoms. The molecular formula is C18H14N2O2. The number of hydrogen-bond acceptors (Lipinski definition) is 3. The van der Waals surface area contributed by atoms with E-state index in [1.54, 1.807) is 28.9 Å². The molecule has 3 aromatic carbocycles. The summed E-state index contributed by atoms with van der Waals surface area (Å²) < 4.78 is 1.77. The average molecular weight is 290 g/mol. The zero-order valence-electron chi connectivity index (χ0n) is 12.0. The number of benzene rings is 3. The Hall–Kier alpha value is -3.01.